The van der Waals surface area contributed by atoms with Gasteiger partial charge in [0.2, 0.25) is 0 Å². The van der Waals surface area contributed by atoms with Gasteiger partial charge in [-0.1, -0.05) is 0 Å². The van der Waals surface area contributed by atoms with E-state index in [0.717, 1.165) is 5.56 Å². The minimum absolute atomic E-state index is 0.217. The van der Waals surface area contributed by atoms with Crippen LogP contribution in [0, 0.1) is 0 Å². The van der Waals surface area contributed by atoms with Crippen molar-refractivity contribution in [2.75, 3.05) is 0 Å². The van der Waals surface area contributed by atoms with Crippen LogP contribution in [-0.2, 0) is 0 Å². The lowest BCUT2D eigenvalue weighted by atomic mass is 10.2. The first-order valence-electron chi connectivity index (χ1n) is 3.69. The third kappa shape index (κ3) is 1.58. The van der Waals surface area contributed by atoms with Crippen LogP contribution in [0.1, 0.15) is 0 Å². The van der Waals surface area contributed by atoms with Crippen LogP contribution < -0.4 is 5.56 Å². The van der Waals surface area contributed by atoms with Crippen molar-refractivity contribution in [3.05, 3.63) is 40.9 Å². The third-order valence-corrected chi connectivity index (χ3v) is 1.56. The number of aromatic amines is 1. The highest BCUT2D eigenvalue weighted by Gasteiger charge is 1.97. The fraction of sp³-hybridized carbons (Fsp3) is 0. The normalized spacial score (nSPS) is 9.85. The van der Waals surface area contributed by atoms with Crippen molar-refractivity contribution < 1.29 is 0 Å². The van der Waals surface area contributed by atoms with Crippen LogP contribution in [0.5, 0.6) is 0 Å². The standard InChI is InChI=1S/C8H6N4O/c13-8-2-1-7(11-12-8)6-3-4-9-10-5-6/h1-5H,(H,12,13). The highest BCUT2D eigenvalue weighted by Crippen LogP contribution is 2.10. The molecule has 1 N–H and O–H groups in total. The van der Waals surface area contributed by atoms with Crippen LogP contribution >= 0.6 is 0 Å². The van der Waals surface area contributed by atoms with Gasteiger partial charge < -0.3 is 0 Å². The molecule has 0 saturated heterocycles. The van der Waals surface area contributed by atoms with Gasteiger partial charge in [-0.3, -0.25) is 4.79 Å². The quantitative estimate of drug-likeness (QED) is 0.671. The van der Waals surface area contributed by atoms with Crippen molar-refractivity contribution in [1.29, 1.82) is 0 Å². The van der Waals surface area contributed by atoms with E-state index in [9.17, 15) is 4.79 Å². The molecule has 0 atom stereocenters. The Morgan fingerprint density at radius 3 is 2.69 bits per heavy atom. The predicted octanol–water partition coefficient (Wildman–Crippen LogP) is 0.227. The molecule has 5 nitrogen and oxygen atoms in total. The summed E-state index contributed by atoms with van der Waals surface area (Å²) < 4.78 is 0. The van der Waals surface area contributed by atoms with E-state index in [1.54, 1.807) is 24.5 Å². The molecule has 2 aromatic rings. The van der Waals surface area contributed by atoms with E-state index in [-0.39, 0.29) is 5.56 Å². The number of nitrogens with one attached hydrogen (secondary N) is 1. The summed E-state index contributed by atoms with van der Waals surface area (Å²) in [6, 6.07) is 4.83. The molecule has 0 aromatic carbocycles. The van der Waals surface area contributed by atoms with Crippen LogP contribution in [0.2, 0.25) is 0 Å². The van der Waals surface area contributed by atoms with Crippen molar-refractivity contribution in [2.24, 2.45) is 0 Å². The fourth-order valence-corrected chi connectivity index (χ4v) is 0.947. The minimum Gasteiger partial charge on any atom is -0.268 e. The Kier molecular flexibility index (Phi) is 1.84. The lowest BCUT2D eigenvalue weighted by Gasteiger charge is -1.95. The van der Waals surface area contributed by atoms with Crippen LogP contribution in [-0.4, -0.2) is 20.4 Å². The second-order valence-corrected chi connectivity index (χ2v) is 2.44. The zero-order valence-corrected chi connectivity index (χ0v) is 6.64. The Hall–Kier alpha value is -2.04. The summed E-state index contributed by atoms with van der Waals surface area (Å²) in [5.41, 5.74) is 1.28. The molecular weight excluding hydrogens is 168 g/mol. The Balaban J connectivity index is 2.48. The van der Waals surface area contributed by atoms with Gasteiger partial charge in [0.15, 0.2) is 0 Å². The highest BCUT2D eigenvalue weighted by atomic mass is 16.1. The maximum atomic E-state index is 10.7. The van der Waals surface area contributed by atoms with Crippen molar-refractivity contribution in [2.45, 2.75) is 0 Å². The Bertz CT molecular complexity index is 431. The summed E-state index contributed by atoms with van der Waals surface area (Å²) in [4.78, 5) is 10.7. The van der Waals surface area contributed by atoms with Crippen LogP contribution in [0.3, 0.4) is 0 Å². The van der Waals surface area contributed by atoms with Gasteiger partial charge >= 0.3 is 0 Å². The summed E-state index contributed by atoms with van der Waals surface area (Å²) in [5.74, 6) is 0. The second-order valence-electron chi connectivity index (χ2n) is 2.44. The molecule has 0 amide bonds. The summed E-state index contributed by atoms with van der Waals surface area (Å²) in [7, 11) is 0. The molecule has 2 aromatic heterocycles. The lowest BCUT2D eigenvalue weighted by Crippen LogP contribution is -2.05. The lowest BCUT2D eigenvalue weighted by molar-refractivity contribution is 0.983. The summed E-state index contributed by atoms with van der Waals surface area (Å²) in [6.45, 7) is 0. The van der Waals surface area contributed by atoms with Gasteiger partial charge in [-0.15, -0.1) is 0 Å². The first-order valence-corrected chi connectivity index (χ1v) is 3.69. The van der Waals surface area contributed by atoms with E-state index < -0.39 is 0 Å². The number of rotatable bonds is 1. The summed E-state index contributed by atoms with van der Waals surface area (Å²) in [6.07, 6.45) is 3.16. The Morgan fingerprint density at radius 2 is 2.08 bits per heavy atom. The highest BCUT2D eigenvalue weighted by molar-refractivity contribution is 5.55. The molecule has 64 valence electrons. The first kappa shape index (κ1) is 7.60. The van der Waals surface area contributed by atoms with Crippen molar-refractivity contribution in [1.82, 2.24) is 20.4 Å². The van der Waals surface area contributed by atoms with E-state index in [4.69, 9.17) is 0 Å². The molecule has 0 aliphatic heterocycles. The number of nitrogens with zero attached hydrogens (tertiary/aromatic N) is 3. The molecule has 0 aliphatic carbocycles. The minimum atomic E-state index is -0.217. The van der Waals surface area contributed by atoms with Crippen LogP contribution in [0.15, 0.2) is 35.4 Å². The molecule has 0 bridgehead atoms. The Labute approximate surface area is 73.5 Å². The summed E-state index contributed by atoms with van der Waals surface area (Å²) in [5, 5.41) is 13.5. The monoisotopic (exact) mass is 174 g/mol. The molecule has 0 radical (unpaired) electrons. The molecule has 13 heavy (non-hydrogen) atoms. The number of hydrogen-bond donors (Lipinski definition) is 1. The summed E-state index contributed by atoms with van der Waals surface area (Å²) >= 11 is 0. The largest absolute Gasteiger partial charge is 0.268 e. The van der Waals surface area contributed by atoms with Gasteiger partial charge in [-0.25, -0.2) is 5.10 Å². The predicted molar refractivity (Wildman–Crippen MR) is 45.9 cm³/mol. The van der Waals surface area contributed by atoms with E-state index in [2.05, 4.69) is 20.4 Å². The van der Waals surface area contributed by atoms with Gasteiger partial charge in [0.1, 0.15) is 0 Å². The van der Waals surface area contributed by atoms with Crippen LogP contribution in [0.25, 0.3) is 11.3 Å². The van der Waals surface area contributed by atoms with Gasteiger partial charge in [0.05, 0.1) is 18.1 Å². The molecule has 0 aliphatic rings. The molecule has 5 heteroatoms. The topological polar surface area (TPSA) is 71.5 Å². The zero-order valence-electron chi connectivity index (χ0n) is 6.64. The SMILES string of the molecule is O=c1ccc(-c2ccnnc2)n[nH]1. The molecule has 0 fully saturated rings. The molecule has 0 saturated carbocycles. The molecule has 2 heterocycles. The van der Waals surface area contributed by atoms with E-state index in [1.807, 2.05) is 0 Å². The zero-order chi connectivity index (χ0) is 9.10. The van der Waals surface area contributed by atoms with Gasteiger partial charge in [-0.05, 0) is 12.1 Å². The van der Waals surface area contributed by atoms with Crippen molar-refractivity contribution in [3.63, 3.8) is 0 Å². The van der Waals surface area contributed by atoms with Gasteiger partial charge in [-0.2, -0.15) is 15.3 Å². The molecular formula is C8H6N4O. The molecule has 2 rings (SSSR count). The average Bonchev–Trinajstić information content (AvgIpc) is 2.20. The van der Waals surface area contributed by atoms with Crippen LogP contribution in [0.4, 0.5) is 0 Å². The van der Waals surface area contributed by atoms with Gasteiger partial charge in [0, 0.05) is 11.6 Å². The van der Waals surface area contributed by atoms with Crippen molar-refractivity contribution >= 4 is 0 Å². The number of aromatic nitrogens is 4. The fourth-order valence-electron chi connectivity index (χ4n) is 0.947. The number of H-pyrrole nitrogens is 1. The Morgan fingerprint density at radius 1 is 1.15 bits per heavy atom. The maximum Gasteiger partial charge on any atom is 0.264 e. The average molecular weight is 174 g/mol. The number of hydrogen-bond acceptors (Lipinski definition) is 4. The second kappa shape index (κ2) is 3.14. The third-order valence-electron chi connectivity index (χ3n) is 1.56. The molecule has 0 spiro atoms. The van der Waals surface area contributed by atoms with Crippen molar-refractivity contribution in [3.8, 4) is 11.3 Å². The van der Waals surface area contributed by atoms with Gasteiger partial charge in [0.25, 0.3) is 5.56 Å². The van der Waals surface area contributed by atoms with E-state index in [0.29, 0.717) is 5.69 Å². The maximum absolute atomic E-state index is 10.7. The van der Waals surface area contributed by atoms with E-state index >= 15 is 0 Å². The molecule has 0 unspecified atom stereocenters. The van der Waals surface area contributed by atoms with E-state index in [1.165, 1.54) is 6.07 Å². The first-order chi connectivity index (χ1) is 6.36. The smallest absolute Gasteiger partial charge is 0.264 e.